The van der Waals surface area contributed by atoms with Crippen LogP contribution in [-0.4, -0.2) is 42.9 Å². The number of hydrazone groups is 1. The number of imide groups is 1. The summed E-state index contributed by atoms with van der Waals surface area (Å²) < 4.78 is 11.2. The number of rotatable bonds is 7. The number of nitrogens with zero attached hydrogens (tertiary/aromatic N) is 2. The molecule has 1 fully saturated rings. The van der Waals surface area contributed by atoms with Crippen LogP contribution < -0.4 is 14.8 Å². The van der Waals surface area contributed by atoms with Gasteiger partial charge in [-0.05, 0) is 31.0 Å². The van der Waals surface area contributed by atoms with Crippen molar-refractivity contribution in [3.05, 3.63) is 22.7 Å². The van der Waals surface area contributed by atoms with Crippen molar-refractivity contribution < 1.29 is 19.1 Å². The van der Waals surface area contributed by atoms with Gasteiger partial charge in [-0.15, -0.1) is 0 Å². The highest BCUT2D eigenvalue weighted by atomic mass is 35.5. The number of amides is 3. The summed E-state index contributed by atoms with van der Waals surface area (Å²) in [5.41, 5.74) is 0.634. The van der Waals surface area contributed by atoms with E-state index in [1.54, 1.807) is 12.1 Å². The average Bonchev–Trinajstić information content (AvgIpc) is 2.82. The lowest BCUT2D eigenvalue weighted by Gasteiger charge is -2.14. The molecule has 8 heteroatoms. The molecule has 124 valence electrons. The molecule has 3 amide bonds. The summed E-state index contributed by atoms with van der Waals surface area (Å²) in [6.45, 7) is 4.75. The Morgan fingerprint density at radius 3 is 2.74 bits per heavy atom. The first kappa shape index (κ1) is 17.1. The van der Waals surface area contributed by atoms with Crippen molar-refractivity contribution in [3.63, 3.8) is 0 Å². The molecule has 0 radical (unpaired) electrons. The van der Waals surface area contributed by atoms with Crippen LogP contribution in [0.3, 0.4) is 0 Å². The summed E-state index contributed by atoms with van der Waals surface area (Å²) in [5.74, 6) is 0.613. The Labute approximate surface area is 139 Å². The molecule has 1 aromatic carbocycles. The minimum absolute atomic E-state index is 0.0981. The van der Waals surface area contributed by atoms with Gasteiger partial charge < -0.3 is 9.47 Å². The quantitative estimate of drug-likeness (QED) is 0.611. The second kappa shape index (κ2) is 7.82. The van der Waals surface area contributed by atoms with E-state index in [1.165, 1.54) is 6.21 Å². The molecule has 1 heterocycles. The van der Waals surface area contributed by atoms with Gasteiger partial charge in [-0.25, -0.2) is 9.80 Å². The zero-order valence-corrected chi connectivity index (χ0v) is 13.7. The number of carbonyl (C=O) groups is 2. The summed E-state index contributed by atoms with van der Waals surface area (Å²) in [4.78, 5) is 22.5. The Morgan fingerprint density at radius 1 is 1.35 bits per heavy atom. The van der Waals surface area contributed by atoms with Gasteiger partial charge in [0, 0.05) is 0 Å². The van der Waals surface area contributed by atoms with Gasteiger partial charge in [-0.2, -0.15) is 5.10 Å². The Hall–Kier alpha value is -2.28. The van der Waals surface area contributed by atoms with Crippen molar-refractivity contribution in [3.8, 4) is 11.5 Å². The molecular formula is C15H18ClN3O4. The molecule has 1 aromatic rings. The molecule has 1 saturated heterocycles. The molecule has 0 aromatic heterocycles. The van der Waals surface area contributed by atoms with Crippen LogP contribution in [0.25, 0.3) is 0 Å². The summed E-state index contributed by atoms with van der Waals surface area (Å²) in [6, 6.07) is 2.83. The number of urea groups is 1. The maximum Gasteiger partial charge on any atom is 0.344 e. The molecule has 1 N–H and O–H groups in total. The third kappa shape index (κ3) is 4.35. The van der Waals surface area contributed by atoms with E-state index in [1.807, 2.05) is 13.8 Å². The number of benzene rings is 1. The fourth-order valence-electron chi connectivity index (χ4n) is 1.93. The zero-order chi connectivity index (χ0) is 16.8. The molecule has 0 bridgehead atoms. The van der Waals surface area contributed by atoms with Gasteiger partial charge in [0.2, 0.25) is 5.91 Å². The standard InChI is InChI=1S/C15H18ClN3O4/c1-3-5-23-14-11(16)6-10(7-12(14)22-4-2)8-17-19-9-13(20)18-15(19)21/h6-8H,3-5,9H2,1-2H3,(H,18,20,21). The SMILES string of the molecule is CCCOc1c(Cl)cc(C=NN2CC(=O)NC2=O)cc1OCC. The van der Waals surface area contributed by atoms with Crippen molar-refractivity contribution in [1.29, 1.82) is 0 Å². The van der Waals surface area contributed by atoms with Crippen LogP contribution in [0.5, 0.6) is 11.5 Å². The smallest absolute Gasteiger partial charge is 0.344 e. The van der Waals surface area contributed by atoms with E-state index in [4.69, 9.17) is 21.1 Å². The van der Waals surface area contributed by atoms with Crippen LogP contribution in [0, 0.1) is 0 Å². The van der Waals surface area contributed by atoms with Gasteiger partial charge >= 0.3 is 6.03 Å². The number of halogens is 1. The van der Waals surface area contributed by atoms with Crippen molar-refractivity contribution >= 4 is 29.8 Å². The molecule has 0 saturated carbocycles. The number of nitrogens with one attached hydrogen (secondary N) is 1. The average molecular weight is 340 g/mol. The van der Waals surface area contributed by atoms with Crippen molar-refractivity contribution in [2.24, 2.45) is 5.10 Å². The summed E-state index contributed by atoms with van der Waals surface area (Å²) in [5, 5.41) is 7.56. The minimum atomic E-state index is -0.551. The van der Waals surface area contributed by atoms with Crippen molar-refractivity contribution in [1.82, 2.24) is 10.3 Å². The largest absolute Gasteiger partial charge is 0.490 e. The second-order valence-corrected chi connectivity index (χ2v) is 5.17. The fourth-order valence-corrected chi connectivity index (χ4v) is 2.20. The van der Waals surface area contributed by atoms with Gasteiger partial charge in [0.25, 0.3) is 0 Å². The number of hydrogen-bond donors (Lipinski definition) is 1. The lowest BCUT2D eigenvalue weighted by atomic mass is 10.2. The summed E-state index contributed by atoms with van der Waals surface area (Å²) in [6.07, 6.45) is 2.29. The highest BCUT2D eigenvalue weighted by Gasteiger charge is 2.26. The maximum atomic E-state index is 11.4. The lowest BCUT2D eigenvalue weighted by molar-refractivity contribution is -0.118. The predicted molar refractivity (Wildman–Crippen MR) is 86.2 cm³/mol. The van der Waals surface area contributed by atoms with Crippen LogP contribution in [0.1, 0.15) is 25.8 Å². The monoisotopic (exact) mass is 339 g/mol. The molecule has 23 heavy (non-hydrogen) atoms. The first-order valence-corrected chi connectivity index (χ1v) is 7.67. The minimum Gasteiger partial charge on any atom is -0.490 e. The van der Waals surface area contributed by atoms with Gasteiger partial charge in [-0.3, -0.25) is 10.1 Å². The van der Waals surface area contributed by atoms with Crippen LogP contribution >= 0.6 is 11.6 Å². The Morgan fingerprint density at radius 2 is 2.13 bits per heavy atom. The van der Waals surface area contributed by atoms with Crippen molar-refractivity contribution in [2.75, 3.05) is 19.8 Å². The molecule has 0 aliphatic carbocycles. The molecule has 0 atom stereocenters. The van der Waals surface area contributed by atoms with Crippen LogP contribution in [0.2, 0.25) is 5.02 Å². The molecule has 1 aliphatic rings. The van der Waals surface area contributed by atoms with Gasteiger partial charge in [0.1, 0.15) is 6.54 Å². The Balaban J connectivity index is 2.22. The molecule has 1 aliphatic heterocycles. The highest BCUT2D eigenvalue weighted by molar-refractivity contribution is 6.32. The maximum absolute atomic E-state index is 11.4. The van der Waals surface area contributed by atoms with E-state index >= 15 is 0 Å². The van der Waals surface area contributed by atoms with Crippen LogP contribution in [-0.2, 0) is 4.79 Å². The molecule has 0 spiro atoms. The van der Waals surface area contributed by atoms with E-state index in [9.17, 15) is 9.59 Å². The third-order valence-electron chi connectivity index (χ3n) is 2.90. The van der Waals surface area contributed by atoms with Crippen LogP contribution in [0.4, 0.5) is 4.79 Å². The topological polar surface area (TPSA) is 80.2 Å². The third-order valence-corrected chi connectivity index (χ3v) is 3.18. The van der Waals surface area contributed by atoms with E-state index in [-0.39, 0.29) is 12.5 Å². The van der Waals surface area contributed by atoms with Crippen LogP contribution in [0.15, 0.2) is 17.2 Å². The van der Waals surface area contributed by atoms with E-state index in [0.29, 0.717) is 35.3 Å². The number of hydrogen-bond acceptors (Lipinski definition) is 5. The summed E-state index contributed by atoms with van der Waals surface area (Å²) in [7, 11) is 0. The molecule has 0 unspecified atom stereocenters. The van der Waals surface area contributed by atoms with E-state index in [0.717, 1.165) is 11.4 Å². The first-order chi connectivity index (χ1) is 11.0. The van der Waals surface area contributed by atoms with E-state index in [2.05, 4.69) is 10.4 Å². The predicted octanol–water partition coefficient (Wildman–Crippen LogP) is 2.41. The number of carbonyl (C=O) groups excluding carboxylic acids is 2. The first-order valence-electron chi connectivity index (χ1n) is 7.29. The number of ether oxygens (including phenoxy) is 2. The Bertz CT molecular complexity index is 633. The summed E-state index contributed by atoms with van der Waals surface area (Å²) >= 11 is 6.24. The zero-order valence-electron chi connectivity index (χ0n) is 13.0. The molecule has 7 nitrogen and oxygen atoms in total. The molecule has 2 rings (SSSR count). The molecular weight excluding hydrogens is 322 g/mol. The van der Waals surface area contributed by atoms with Crippen molar-refractivity contribution in [2.45, 2.75) is 20.3 Å². The second-order valence-electron chi connectivity index (χ2n) is 4.77. The normalized spacial score (nSPS) is 14.5. The fraction of sp³-hybridized carbons (Fsp3) is 0.400. The van der Waals surface area contributed by atoms with Gasteiger partial charge in [0.15, 0.2) is 11.5 Å². The highest BCUT2D eigenvalue weighted by Crippen LogP contribution is 2.36. The van der Waals surface area contributed by atoms with Gasteiger partial charge in [0.05, 0.1) is 24.5 Å². The Kier molecular flexibility index (Phi) is 5.81. The van der Waals surface area contributed by atoms with Gasteiger partial charge in [-0.1, -0.05) is 18.5 Å². The lowest BCUT2D eigenvalue weighted by Crippen LogP contribution is -2.24. The van der Waals surface area contributed by atoms with E-state index < -0.39 is 6.03 Å².